The van der Waals surface area contributed by atoms with Crippen LogP contribution >= 0.6 is 0 Å². The largest absolute Gasteiger partial charge is 0.476 e. The van der Waals surface area contributed by atoms with E-state index in [9.17, 15) is 4.79 Å². The number of fused-ring (bicyclic) bond motifs is 1. The van der Waals surface area contributed by atoms with Crippen LogP contribution in [0.3, 0.4) is 0 Å². The van der Waals surface area contributed by atoms with Crippen molar-refractivity contribution in [2.24, 2.45) is 0 Å². The van der Waals surface area contributed by atoms with E-state index in [1.165, 1.54) is 12.4 Å². The van der Waals surface area contributed by atoms with Gasteiger partial charge in [-0.1, -0.05) is 24.3 Å². The maximum absolute atomic E-state index is 10.9. The summed E-state index contributed by atoms with van der Waals surface area (Å²) in [6.07, 6.45) is 4.58. The molecule has 0 bridgehead atoms. The van der Waals surface area contributed by atoms with Crippen molar-refractivity contribution in [1.82, 2.24) is 20.2 Å². The molecule has 4 rings (SSSR count). The summed E-state index contributed by atoms with van der Waals surface area (Å²) >= 11 is 0. The Bertz CT molecular complexity index is 901. The standard InChI is InChI=1S/C17H16N6O2/c24-17(25)14-10-19-15(11-18-14)22-5-7-23(8-6-22)16-13-4-2-1-3-12(13)9-20-21-16/h1-4,9-11H,5-8H2,(H,24,25). The van der Waals surface area contributed by atoms with E-state index in [0.717, 1.165) is 42.8 Å². The average Bonchev–Trinajstić information content (AvgIpc) is 2.68. The molecule has 0 spiro atoms. The topological polar surface area (TPSA) is 95.3 Å². The number of aromatic nitrogens is 4. The molecule has 1 fully saturated rings. The highest BCUT2D eigenvalue weighted by Crippen LogP contribution is 2.24. The third-order valence-electron chi connectivity index (χ3n) is 4.31. The first-order chi connectivity index (χ1) is 12.2. The highest BCUT2D eigenvalue weighted by molar-refractivity contribution is 5.91. The van der Waals surface area contributed by atoms with Gasteiger partial charge in [-0.15, -0.1) is 5.10 Å². The van der Waals surface area contributed by atoms with Gasteiger partial charge in [-0.25, -0.2) is 14.8 Å². The van der Waals surface area contributed by atoms with Crippen molar-refractivity contribution >= 4 is 28.4 Å². The highest BCUT2D eigenvalue weighted by Gasteiger charge is 2.21. The minimum absolute atomic E-state index is 0.0478. The van der Waals surface area contributed by atoms with Crippen molar-refractivity contribution in [3.8, 4) is 0 Å². The minimum Gasteiger partial charge on any atom is -0.476 e. The fourth-order valence-corrected chi connectivity index (χ4v) is 2.99. The first-order valence-electron chi connectivity index (χ1n) is 7.98. The Morgan fingerprint density at radius 2 is 1.72 bits per heavy atom. The van der Waals surface area contributed by atoms with Crippen LogP contribution in [0, 0.1) is 0 Å². The van der Waals surface area contributed by atoms with Crippen molar-refractivity contribution in [2.75, 3.05) is 36.0 Å². The fraction of sp³-hybridized carbons (Fsp3) is 0.235. The average molecular weight is 336 g/mol. The first kappa shape index (κ1) is 15.3. The van der Waals surface area contributed by atoms with Crippen LogP contribution in [0.5, 0.6) is 0 Å². The van der Waals surface area contributed by atoms with Gasteiger partial charge in [-0.2, -0.15) is 5.10 Å². The summed E-state index contributed by atoms with van der Waals surface area (Å²) in [6, 6.07) is 8.08. The Morgan fingerprint density at radius 1 is 0.960 bits per heavy atom. The van der Waals surface area contributed by atoms with E-state index < -0.39 is 5.97 Å². The molecule has 3 aromatic rings. The molecular formula is C17H16N6O2. The maximum atomic E-state index is 10.9. The van der Waals surface area contributed by atoms with E-state index in [2.05, 4.69) is 36.0 Å². The first-order valence-corrected chi connectivity index (χ1v) is 7.98. The van der Waals surface area contributed by atoms with Crippen LogP contribution in [0.2, 0.25) is 0 Å². The third kappa shape index (κ3) is 2.93. The van der Waals surface area contributed by atoms with Crippen LogP contribution in [0.15, 0.2) is 42.9 Å². The van der Waals surface area contributed by atoms with Crippen LogP contribution in [0.1, 0.15) is 10.5 Å². The van der Waals surface area contributed by atoms with Crippen molar-refractivity contribution in [3.05, 3.63) is 48.5 Å². The zero-order valence-corrected chi connectivity index (χ0v) is 13.4. The summed E-state index contributed by atoms with van der Waals surface area (Å²) < 4.78 is 0. The van der Waals surface area contributed by atoms with E-state index in [0.29, 0.717) is 5.82 Å². The molecular weight excluding hydrogens is 320 g/mol. The number of carbonyl (C=O) groups is 1. The molecule has 1 aromatic carbocycles. The molecule has 25 heavy (non-hydrogen) atoms. The molecule has 0 saturated carbocycles. The number of hydrogen-bond donors (Lipinski definition) is 1. The second kappa shape index (κ2) is 6.31. The summed E-state index contributed by atoms with van der Waals surface area (Å²) in [4.78, 5) is 23.3. The van der Waals surface area contributed by atoms with Gasteiger partial charge >= 0.3 is 5.97 Å². The number of hydrogen-bond acceptors (Lipinski definition) is 7. The molecule has 0 unspecified atom stereocenters. The molecule has 2 aromatic heterocycles. The predicted molar refractivity (Wildman–Crippen MR) is 93.0 cm³/mol. The number of benzene rings is 1. The molecule has 1 saturated heterocycles. The molecule has 0 amide bonds. The van der Waals surface area contributed by atoms with Gasteiger partial charge in [0.1, 0.15) is 5.82 Å². The molecule has 1 aliphatic rings. The van der Waals surface area contributed by atoms with Crippen molar-refractivity contribution < 1.29 is 9.90 Å². The second-order valence-electron chi connectivity index (χ2n) is 5.79. The van der Waals surface area contributed by atoms with Gasteiger partial charge in [0.2, 0.25) is 0 Å². The molecule has 0 radical (unpaired) electrons. The Kier molecular flexibility index (Phi) is 3.85. The molecule has 1 N–H and O–H groups in total. The predicted octanol–water partition coefficient (Wildman–Crippen LogP) is 1.44. The fourth-order valence-electron chi connectivity index (χ4n) is 2.99. The van der Waals surface area contributed by atoms with E-state index in [-0.39, 0.29) is 5.69 Å². The number of nitrogens with zero attached hydrogens (tertiary/aromatic N) is 6. The SMILES string of the molecule is O=C(O)c1cnc(N2CCN(c3nncc4ccccc34)CC2)cn1. The van der Waals surface area contributed by atoms with Crippen LogP contribution in [-0.4, -0.2) is 57.4 Å². The smallest absolute Gasteiger partial charge is 0.356 e. The third-order valence-corrected chi connectivity index (χ3v) is 4.31. The lowest BCUT2D eigenvalue weighted by Crippen LogP contribution is -2.47. The molecule has 0 aliphatic carbocycles. The highest BCUT2D eigenvalue weighted by atomic mass is 16.4. The van der Waals surface area contributed by atoms with E-state index >= 15 is 0 Å². The van der Waals surface area contributed by atoms with Gasteiger partial charge in [0.15, 0.2) is 11.5 Å². The van der Waals surface area contributed by atoms with Crippen LogP contribution in [0.25, 0.3) is 10.8 Å². The van der Waals surface area contributed by atoms with Crippen LogP contribution < -0.4 is 9.80 Å². The number of piperazine rings is 1. The van der Waals surface area contributed by atoms with Crippen molar-refractivity contribution in [2.45, 2.75) is 0 Å². The summed E-state index contributed by atoms with van der Waals surface area (Å²) in [5.74, 6) is 0.511. The van der Waals surface area contributed by atoms with E-state index in [1.54, 1.807) is 6.20 Å². The van der Waals surface area contributed by atoms with Gasteiger partial charge in [-0.3, -0.25) is 0 Å². The van der Waals surface area contributed by atoms with Gasteiger partial charge in [0.25, 0.3) is 0 Å². The van der Waals surface area contributed by atoms with Gasteiger partial charge < -0.3 is 14.9 Å². The molecule has 3 heterocycles. The van der Waals surface area contributed by atoms with E-state index in [4.69, 9.17) is 5.11 Å². The molecule has 1 aliphatic heterocycles. The second-order valence-corrected chi connectivity index (χ2v) is 5.79. The Labute approximate surface area is 143 Å². The summed E-state index contributed by atoms with van der Waals surface area (Å²) in [6.45, 7) is 3.08. The maximum Gasteiger partial charge on any atom is 0.356 e. The lowest BCUT2D eigenvalue weighted by molar-refractivity contribution is 0.0690. The number of rotatable bonds is 3. The van der Waals surface area contributed by atoms with Gasteiger partial charge in [0, 0.05) is 37.0 Å². The van der Waals surface area contributed by atoms with Crippen LogP contribution in [-0.2, 0) is 0 Å². The number of aromatic carboxylic acids is 1. The van der Waals surface area contributed by atoms with Gasteiger partial charge in [0.05, 0.1) is 18.6 Å². The number of carboxylic acids is 1. The lowest BCUT2D eigenvalue weighted by atomic mass is 10.1. The minimum atomic E-state index is -1.07. The molecule has 8 heteroatoms. The quantitative estimate of drug-likeness (QED) is 0.768. The Morgan fingerprint density at radius 3 is 2.44 bits per heavy atom. The van der Waals surface area contributed by atoms with Crippen molar-refractivity contribution in [1.29, 1.82) is 0 Å². The molecule has 0 atom stereocenters. The number of carboxylic acid groups (broad SMARTS) is 1. The zero-order valence-electron chi connectivity index (χ0n) is 13.4. The lowest BCUT2D eigenvalue weighted by Gasteiger charge is -2.36. The molecule has 8 nitrogen and oxygen atoms in total. The Balaban J connectivity index is 1.50. The summed E-state index contributed by atoms with van der Waals surface area (Å²) in [5, 5.41) is 19.5. The normalized spacial score (nSPS) is 14.7. The summed E-state index contributed by atoms with van der Waals surface area (Å²) in [7, 11) is 0. The van der Waals surface area contributed by atoms with Gasteiger partial charge in [-0.05, 0) is 0 Å². The van der Waals surface area contributed by atoms with Crippen LogP contribution in [0.4, 0.5) is 11.6 Å². The molecule has 126 valence electrons. The Hall–Kier alpha value is -3.29. The van der Waals surface area contributed by atoms with E-state index in [1.807, 2.05) is 18.2 Å². The number of anilines is 2. The monoisotopic (exact) mass is 336 g/mol. The summed E-state index contributed by atoms with van der Waals surface area (Å²) in [5.41, 5.74) is -0.0478. The zero-order chi connectivity index (χ0) is 17.2. The van der Waals surface area contributed by atoms with Crippen molar-refractivity contribution in [3.63, 3.8) is 0 Å².